The van der Waals surface area contributed by atoms with E-state index in [-0.39, 0.29) is 0 Å². The molecule has 0 bridgehead atoms. The molecule has 0 spiro atoms. The van der Waals surface area contributed by atoms with E-state index in [9.17, 15) is 0 Å². The van der Waals surface area contributed by atoms with E-state index in [0.29, 0.717) is 11.6 Å². The fourth-order valence-corrected chi connectivity index (χ4v) is 2.66. The third-order valence-electron chi connectivity index (χ3n) is 2.69. The number of hydrogen-bond donors (Lipinski definition) is 1. The van der Waals surface area contributed by atoms with E-state index < -0.39 is 0 Å². The lowest BCUT2D eigenvalue weighted by Crippen LogP contribution is -2.01. The molecule has 0 fully saturated rings. The van der Waals surface area contributed by atoms with Crippen molar-refractivity contribution in [2.75, 3.05) is 5.32 Å². The van der Waals surface area contributed by atoms with Crippen LogP contribution in [0.4, 0.5) is 5.69 Å². The molecular formula is C12H11ClN6S. The summed E-state index contributed by atoms with van der Waals surface area (Å²) in [6.07, 6.45) is 3.41. The number of benzene rings is 1. The second kappa shape index (κ2) is 5.56. The second-order valence-electron chi connectivity index (χ2n) is 4.12. The molecule has 1 aromatic carbocycles. The van der Waals surface area contributed by atoms with Crippen LogP contribution < -0.4 is 5.32 Å². The van der Waals surface area contributed by atoms with Gasteiger partial charge in [0.05, 0.1) is 27.9 Å². The smallest absolute Gasteiger partial charge is 0.143 e. The molecule has 0 aliphatic heterocycles. The highest BCUT2D eigenvalue weighted by atomic mass is 35.5. The van der Waals surface area contributed by atoms with Crippen molar-refractivity contribution in [3.8, 4) is 5.69 Å². The predicted molar refractivity (Wildman–Crippen MR) is 78.3 cm³/mol. The standard InChI is InChI=1S/C12H11ClN6S/c1-8-14-5-10(20-8)6-15-12-4-9(2-3-11(12)13)19-7-16-17-18-19/h2-5,7,15H,6H2,1H3. The van der Waals surface area contributed by atoms with Crippen LogP contribution in [0.5, 0.6) is 0 Å². The monoisotopic (exact) mass is 306 g/mol. The maximum Gasteiger partial charge on any atom is 0.143 e. The van der Waals surface area contributed by atoms with Gasteiger partial charge in [0.25, 0.3) is 0 Å². The molecule has 3 rings (SSSR count). The van der Waals surface area contributed by atoms with Crippen molar-refractivity contribution in [3.63, 3.8) is 0 Å². The van der Waals surface area contributed by atoms with Crippen molar-refractivity contribution in [2.45, 2.75) is 13.5 Å². The topological polar surface area (TPSA) is 68.5 Å². The van der Waals surface area contributed by atoms with Gasteiger partial charge < -0.3 is 5.32 Å². The lowest BCUT2D eigenvalue weighted by molar-refractivity contribution is 0.789. The molecule has 0 atom stereocenters. The fourth-order valence-electron chi connectivity index (χ4n) is 1.74. The Labute approximate surface area is 124 Å². The molecule has 3 aromatic rings. The summed E-state index contributed by atoms with van der Waals surface area (Å²) in [6, 6.07) is 5.59. The summed E-state index contributed by atoms with van der Waals surface area (Å²) >= 11 is 7.85. The lowest BCUT2D eigenvalue weighted by Gasteiger charge is -2.09. The van der Waals surface area contributed by atoms with Crippen LogP contribution in [0.25, 0.3) is 5.69 Å². The summed E-state index contributed by atoms with van der Waals surface area (Å²) in [5, 5.41) is 16.1. The van der Waals surface area contributed by atoms with E-state index >= 15 is 0 Å². The van der Waals surface area contributed by atoms with Gasteiger partial charge in [-0.2, -0.15) is 0 Å². The van der Waals surface area contributed by atoms with Crippen molar-refractivity contribution in [2.24, 2.45) is 0 Å². The Balaban J connectivity index is 1.80. The van der Waals surface area contributed by atoms with Crippen LogP contribution in [0.1, 0.15) is 9.88 Å². The Kier molecular flexibility index (Phi) is 3.62. The van der Waals surface area contributed by atoms with Crippen LogP contribution in [-0.4, -0.2) is 25.2 Å². The average molecular weight is 307 g/mol. The Bertz CT molecular complexity index is 709. The summed E-state index contributed by atoms with van der Waals surface area (Å²) < 4.78 is 1.58. The molecule has 2 heterocycles. The minimum Gasteiger partial charge on any atom is -0.379 e. The van der Waals surface area contributed by atoms with Gasteiger partial charge in [0, 0.05) is 11.1 Å². The van der Waals surface area contributed by atoms with E-state index in [4.69, 9.17) is 11.6 Å². The second-order valence-corrected chi connectivity index (χ2v) is 5.84. The number of halogens is 1. The molecule has 0 saturated carbocycles. The predicted octanol–water partition coefficient (Wildman–Crippen LogP) is 2.69. The first-order chi connectivity index (χ1) is 9.72. The fraction of sp³-hybridized carbons (Fsp3) is 0.167. The number of anilines is 1. The highest BCUT2D eigenvalue weighted by Gasteiger charge is 2.05. The first-order valence-electron chi connectivity index (χ1n) is 5.90. The molecule has 6 nitrogen and oxygen atoms in total. The minimum atomic E-state index is 0.656. The molecule has 0 unspecified atom stereocenters. The molecule has 0 radical (unpaired) electrons. The number of nitrogens with zero attached hydrogens (tertiary/aromatic N) is 5. The van der Waals surface area contributed by atoms with Crippen LogP contribution >= 0.6 is 22.9 Å². The number of tetrazole rings is 1. The van der Waals surface area contributed by atoms with Crippen LogP contribution in [0.15, 0.2) is 30.7 Å². The zero-order valence-corrected chi connectivity index (χ0v) is 12.2. The summed E-state index contributed by atoms with van der Waals surface area (Å²) in [6.45, 7) is 2.67. The Hall–Kier alpha value is -1.99. The number of aromatic nitrogens is 5. The molecule has 0 saturated heterocycles. The highest BCUT2D eigenvalue weighted by Crippen LogP contribution is 2.25. The van der Waals surface area contributed by atoms with E-state index in [2.05, 4.69) is 25.8 Å². The lowest BCUT2D eigenvalue weighted by atomic mass is 10.2. The number of nitrogens with one attached hydrogen (secondary N) is 1. The van der Waals surface area contributed by atoms with E-state index in [1.165, 1.54) is 0 Å². The van der Waals surface area contributed by atoms with E-state index in [1.807, 2.05) is 31.3 Å². The van der Waals surface area contributed by atoms with E-state index in [0.717, 1.165) is 21.3 Å². The molecule has 102 valence electrons. The zero-order valence-electron chi connectivity index (χ0n) is 10.6. The molecule has 20 heavy (non-hydrogen) atoms. The zero-order chi connectivity index (χ0) is 13.9. The summed E-state index contributed by atoms with van der Waals surface area (Å²) in [7, 11) is 0. The van der Waals surface area contributed by atoms with Crippen molar-refractivity contribution in [1.82, 2.24) is 25.2 Å². The third kappa shape index (κ3) is 2.78. The van der Waals surface area contributed by atoms with Crippen LogP contribution in [-0.2, 0) is 6.54 Å². The number of hydrogen-bond acceptors (Lipinski definition) is 6. The van der Waals surface area contributed by atoms with Gasteiger partial charge in [-0.15, -0.1) is 16.4 Å². The first-order valence-corrected chi connectivity index (χ1v) is 7.10. The minimum absolute atomic E-state index is 0.656. The molecule has 0 aliphatic rings. The van der Waals surface area contributed by atoms with Gasteiger partial charge in [-0.05, 0) is 35.5 Å². The Morgan fingerprint density at radius 3 is 3.00 bits per heavy atom. The SMILES string of the molecule is Cc1ncc(CNc2cc(-n3cnnn3)ccc2Cl)s1. The summed E-state index contributed by atoms with van der Waals surface area (Å²) in [4.78, 5) is 5.38. The van der Waals surface area contributed by atoms with Crippen LogP contribution in [0.3, 0.4) is 0 Å². The Morgan fingerprint density at radius 2 is 2.30 bits per heavy atom. The van der Waals surface area contributed by atoms with Gasteiger partial charge in [-0.25, -0.2) is 9.67 Å². The van der Waals surface area contributed by atoms with Crippen LogP contribution in [0.2, 0.25) is 5.02 Å². The highest BCUT2D eigenvalue weighted by molar-refractivity contribution is 7.11. The van der Waals surface area contributed by atoms with Crippen molar-refractivity contribution >= 4 is 28.6 Å². The van der Waals surface area contributed by atoms with Gasteiger partial charge in [-0.3, -0.25) is 0 Å². The molecule has 0 aliphatic carbocycles. The van der Waals surface area contributed by atoms with Crippen molar-refractivity contribution in [1.29, 1.82) is 0 Å². The van der Waals surface area contributed by atoms with Crippen molar-refractivity contribution in [3.05, 3.63) is 45.6 Å². The van der Waals surface area contributed by atoms with Gasteiger partial charge >= 0.3 is 0 Å². The van der Waals surface area contributed by atoms with Gasteiger partial charge in [0.1, 0.15) is 6.33 Å². The summed E-state index contributed by atoms with van der Waals surface area (Å²) in [5.41, 5.74) is 1.69. The molecular weight excluding hydrogens is 296 g/mol. The third-order valence-corrected chi connectivity index (χ3v) is 3.93. The molecule has 1 N–H and O–H groups in total. The number of rotatable bonds is 4. The normalized spacial score (nSPS) is 10.7. The largest absolute Gasteiger partial charge is 0.379 e. The molecule has 8 heteroatoms. The Morgan fingerprint density at radius 1 is 1.40 bits per heavy atom. The first kappa shape index (κ1) is 13.0. The van der Waals surface area contributed by atoms with Gasteiger partial charge in [0.2, 0.25) is 0 Å². The summed E-state index contributed by atoms with van der Waals surface area (Å²) in [5.74, 6) is 0. The maximum absolute atomic E-state index is 6.19. The molecule has 0 amide bonds. The van der Waals surface area contributed by atoms with Crippen molar-refractivity contribution < 1.29 is 0 Å². The number of thiazole rings is 1. The average Bonchev–Trinajstić information content (AvgIpc) is 3.09. The maximum atomic E-state index is 6.19. The van der Waals surface area contributed by atoms with E-state index in [1.54, 1.807) is 22.3 Å². The molecule has 2 aromatic heterocycles. The van der Waals surface area contributed by atoms with Gasteiger partial charge in [-0.1, -0.05) is 11.6 Å². The van der Waals surface area contributed by atoms with Gasteiger partial charge in [0.15, 0.2) is 0 Å². The quantitative estimate of drug-likeness (QED) is 0.802. The number of aryl methyl sites for hydroxylation is 1. The van der Waals surface area contributed by atoms with Crippen LogP contribution in [0, 0.1) is 6.92 Å².